The van der Waals surface area contributed by atoms with E-state index in [1.54, 1.807) is 11.3 Å². The lowest BCUT2D eigenvalue weighted by molar-refractivity contribution is 0.171. The van der Waals surface area contributed by atoms with Gasteiger partial charge in [0.25, 0.3) is 0 Å². The van der Waals surface area contributed by atoms with E-state index in [9.17, 15) is 0 Å². The number of benzene rings is 2. The highest BCUT2D eigenvalue weighted by Gasteiger charge is 2.16. The molecule has 0 bridgehead atoms. The summed E-state index contributed by atoms with van der Waals surface area (Å²) >= 11 is 1.77. The zero-order valence-electron chi connectivity index (χ0n) is 21.6. The molecule has 1 aromatic heterocycles. The second kappa shape index (κ2) is 14.1. The third-order valence-electron chi connectivity index (χ3n) is 5.61. The third kappa shape index (κ3) is 7.53. The van der Waals surface area contributed by atoms with Gasteiger partial charge in [0.05, 0.1) is 11.7 Å². The summed E-state index contributed by atoms with van der Waals surface area (Å²) in [6.45, 7) is 12.2. The first-order valence-corrected chi connectivity index (χ1v) is 13.0. The number of hydrogen-bond acceptors (Lipinski definition) is 6. The smallest absolute Gasteiger partial charge is 0.161 e. The quantitative estimate of drug-likeness (QED) is 0.366. The van der Waals surface area contributed by atoms with Crippen molar-refractivity contribution in [1.29, 1.82) is 0 Å². The van der Waals surface area contributed by atoms with Gasteiger partial charge in [-0.1, -0.05) is 29.7 Å². The molecule has 3 aromatic rings. The molecule has 0 radical (unpaired) electrons. The van der Waals surface area contributed by atoms with E-state index in [4.69, 9.17) is 14.2 Å². The highest BCUT2D eigenvalue weighted by molar-refractivity contribution is 7.16. The fraction of sp³-hybridized carbons (Fsp3) is 0.182. The molecule has 5 rings (SSSR count). The number of fused-ring (bicyclic) bond motifs is 2. The highest BCUT2D eigenvalue weighted by atomic mass is 32.1. The van der Waals surface area contributed by atoms with Gasteiger partial charge in [-0.3, -0.25) is 5.32 Å². The average molecular weight is 531 g/mol. The van der Waals surface area contributed by atoms with E-state index in [-0.39, 0.29) is 0 Å². The van der Waals surface area contributed by atoms with Gasteiger partial charge in [0, 0.05) is 17.0 Å². The Morgan fingerprint density at radius 3 is 2.33 bits per heavy atom. The van der Waals surface area contributed by atoms with Gasteiger partial charge in [-0.05, 0) is 101 Å². The molecule has 2 N–H and O–H groups in total. The Labute approximate surface area is 232 Å². The van der Waals surface area contributed by atoms with Crippen LogP contribution in [0.15, 0.2) is 107 Å². The van der Waals surface area contributed by atoms with Crippen molar-refractivity contribution in [2.24, 2.45) is 0 Å². The fourth-order valence-corrected chi connectivity index (χ4v) is 4.85. The molecule has 39 heavy (non-hydrogen) atoms. The van der Waals surface area contributed by atoms with Crippen LogP contribution < -0.4 is 24.8 Å². The summed E-state index contributed by atoms with van der Waals surface area (Å²) in [5.41, 5.74) is 26.6. The van der Waals surface area contributed by atoms with E-state index in [1.165, 1.54) is 15.4 Å². The van der Waals surface area contributed by atoms with E-state index in [0.29, 0.717) is 19.8 Å². The van der Waals surface area contributed by atoms with Crippen LogP contribution in [0.2, 0.25) is 0 Å². The monoisotopic (exact) mass is 530 g/mol. The molecule has 2 aromatic carbocycles. The van der Waals surface area contributed by atoms with Crippen molar-refractivity contribution in [1.82, 2.24) is 5.32 Å². The minimum Gasteiger partial charge on any atom is -0.488 e. The first kappa shape index (κ1) is 27.1. The summed E-state index contributed by atoms with van der Waals surface area (Å²) in [4.78, 5) is 1.23. The predicted molar refractivity (Wildman–Crippen MR) is 154 cm³/mol. The molecule has 0 amide bonds. The number of ether oxygens (including phenoxy) is 3. The minimum absolute atomic E-state index is 0.574. The Kier molecular flexibility index (Phi) is 9.81. The first-order chi connectivity index (χ1) is 19.2. The SMILES string of the molecule is C=C=C=C=C=C=C=C=C=C=C.Cc1c(OCc2cc3c(s2)NCNC3)cccc1-c1ccc2c(c1)OCCO2. The van der Waals surface area contributed by atoms with Gasteiger partial charge in [0.2, 0.25) is 0 Å². The summed E-state index contributed by atoms with van der Waals surface area (Å²) in [6, 6.07) is 14.5. The van der Waals surface area contributed by atoms with Crippen molar-refractivity contribution < 1.29 is 14.2 Å². The van der Waals surface area contributed by atoms with Crippen LogP contribution in [0.25, 0.3) is 11.1 Å². The number of rotatable bonds is 4. The van der Waals surface area contributed by atoms with Crippen LogP contribution in [0, 0.1) is 6.92 Å². The molecule has 0 unspecified atom stereocenters. The van der Waals surface area contributed by atoms with Crippen molar-refractivity contribution in [3.63, 3.8) is 0 Å². The van der Waals surface area contributed by atoms with Crippen molar-refractivity contribution >= 4 is 16.3 Å². The largest absolute Gasteiger partial charge is 0.488 e. The lowest BCUT2D eigenvalue weighted by Gasteiger charge is -2.19. The maximum atomic E-state index is 6.18. The van der Waals surface area contributed by atoms with E-state index in [0.717, 1.165) is 47.2 Å². The molecule has 192 valence electrons. The number of hydrogen-bond donors (Lipinski definition) is 2. The molecule has 0 atom stereocenters. The maximum Gasteiger partial charge on any atom is 0.161 e. The normalized spacial score (nSPS) is 11.7. The van der Waals surface area contributed by atoms with Crippen molar-refractivity contribution in [2.45, 2.75) is 20.1 Å². The summed E-state index contributed by atoms with van der Waals surface area (Å²) in [5, 5.41) is 7.95. The Hall–Kier alpha value is -4.94. The molecule has 0 aliphatic carbocycles. The fourth-order valence-electron chi connectivity index (χ4n) is 3.87. The van der Waals surface area contributed by atoms with Gasteiger partial charge < -0.3 is 19.5 Å². The van der Waals surface area contributed by atoms with E-state index in [1.807, 2.05) is 24.3 Å². The van der Waals surface area contributed by atoms with Crippen LogP contribution in [0.3, 0.4) is 0 Å². The molecule has 3 heterocycles. The molecule has 0 saturated heterocycles. The molecule has 0 fully saturated rings. The highest BCUT2D eigenvalue weighted by Crippen LogP contribution is 2.38. The van der Waals surface area contributed by atoms with Gasteiger partial charge in [-0.2, -0.15) is 0 Å². The Morgan fingerprint density at radius 2 is 1.62 bits per heavy atom. The number of thiophene rings is 1. The molecule has 6 heteroatoms. The topological polar surface area (TPSA) is 51.8 Å². The molecule has 2 aliphatic heterocycles. The summed E-state index contributed by atoms with van der Waals surface area (Å²) in [7, 11) is 0. The molecular weight excluding hydrogens is 504 g/mol. The lowest BCUT2D eigenvalue weighted by atomic mass is 9.99. The molecule has 5 nitrogen and oxygen atoms in total. The minimum atomic E-state index is 0.574. The van der Waals surface area contributed by atoms with Crippen LogP contribution in [0.4, 0.5) is 5.00 Å². The van der Waals surface area contributed by atoms with Crippen molar-refractivity contribution in [2.75, 3.05) is 25.2 Å². The van der Waals surface area contributed by atoms with Crippen molar-refractivity contribution in [3.8, 4) is 28.4 Å². The van der Waals surface area contributed by atoms with Crippen LogP contribution >= 0.6 is 11.3 Å². The third-order valence-corrected chi connectivity index (χ3v) is 6.72. The summed E-state index contributed by atoms with van der Waals surface area (Å²) in [5.74, 6) is 2.52. The predicted octanol–water partition coefficient (Wildman–Crippen LogP) is 6.74. The number of anilines is 1. The van der Waals surface area contributed by atoms with E-state index >= 15 is 0 Å². The van der Waals surface area contributed by atoms with Crippen LogP contribution in [0.5, 0.6) is 17.2 Å². The van der Waals surface area contributed by atoms with Gasteiger partial charge in [-0.15, -0.1) is 11.3 Å². The van der Waals surface area contributed by atoms with Crippen LogP contribution in [0.1, 0.15) is 16.0 Å². The molecule has 0 spiro atoms. The lowest BCUT2D eigenvalue weighted by Crippen LogP contribution is -2.26. The Morgan fingerprint density at radius 1 is 0.897 bits per heavy atom. The number of nitrogens with one attached hydrogen (secondary N) is 2. The van der Waals surface area contributed by atoms with Gasteiger partial charge in [0.15, 0.2) is 11.5 Å². The van der Waals surface area contributed by atoms with Crippen molar-refractivity contribution in [3.05, 3.63) is 123 Å². The maximum absolute atomic E-state index is 6.18. The zero-order chi connectivity index (χ0) is 27.3. The van der Waals surface area contributed by atoms with E-state index < -0.39 is 0 Å². The Balaban J connectivity index is 0.000000274. The zero-order valence-corrected chi connectivity index (χ0v) is 22.4. The molecule has 2 aliphatic rings. The second-order valence-corrected chi connectivity index (χ2v) is 9.29. The summed E-state index contributed by atoms with van der Waals surface area (Å²) < 4.78 is 17.5. The van der Waals surface area contributed by atoms with Crippen LogP contribution in [-0.4, -0.2) is 19.9 Å². The van der Waals surface area contributed by atoms with Gasteiger partial charge in [0.1, 0.15) is 25.6 Å². The average Bonchev–Trinajstić information content (AvgIpc) is 3.39. The Bertz CT molecular complexity index is 1630. The second-order valence-electron chi connectivity index (χ2n) is 8.15. The van der Waals surface area contributed by atoms with E-state index in [2.05, 4.69) is 100 Å². The molecular formula is C33H26N2O3S. The van der Waals surface area contributed by atoms with Gasteiger partial charge in [-0.25, -0.2) is 0 Å². The van der Waals surface area contributed by atoms with Crippen LogP contribution in [-0.2, 0) is 13.2 Å². The van der Waals surface area contributed by atoms with Gasteiger partial charge >= 0.3 is 0 Å². The standard InChI is InChI=1S/C22H22N2O3S.C11H4/c1-14-18(15-5-6-20-21(10-15)26-8-7-25-20)3-2-4-19(14)27-12-17-9-16-11-23-13-24-22(16)28-17;1-3-5-7-9-11-10-8-6-4-2/h2-6,9-10,23-24H,7-8,11-13H2,1H3;1-2H2. The summed E-state index contributed by atoms with van der Waals surface area (Å²) in [6.07, 6.45) is 0. The first-order valence-electron chi connectivity index (χ1n) is 12.2. The molecule has 0 saturated carbocycles.